The number of hydrogen-bond donors (Lipinski definition) is 1. The summed E-state index contributed by atoms with van der Waals surface area (Å²) in [5, 5.41) is 1.15. The van der Waals surface area contributed by atoms with Crippen molar-refractivity contribution < 1.29 is 8.42 Å². The smallest absolute Gasteiger partial charge is 0.175 e. The van der Waals surface area contributed by atoms with Crippen LogP contribution in [0, 0.1) is 0 Å². The van der Waals surface area contributed by atoms with Crippen LogP contribution in [0.15, 0.2) is 51.3 Å². The van der Waals surface area contributed by atoms with Gasteiger partial charge < -0.3 is 5.73 Å². The van der Waals surface area contributed by atoms with Crippen molar-refractivity contribution in [3.63, 3.8) is 0 Å². The fourth-order valence-electron chi connectivity index (χ4n) is 1.40. The van der Waals surface area contributed by atoms with Gasteiger partial charge >= 0.3 is 0 Å². The molecule has 7 heteroatoms. The minimum atomic E-state index is -3.25. The second-order valence-corrected chi connectivity index (χ2v) is 7.32. The lowest BCUT2D eigenvalue weighted by Gasteiger charge is -2.07. The Balaban J connectivity index is 2.36. The molecule has 0 bridgehead atoms. The number of anilines is 1. The summed E-state index contributed by atoms with van der Waals surface area (Å²) < 4.78 is 22.8. The molecule has 1 aromatic carbocycles. The molecular formula is C12H11ClN2O2S2. The number of aromatic nitrogens is 1. The van der Waals surface area contributed by atoms with Crippen molar-refractivity contribution in [1.29, 1.82) is 0 Å². The molecule has 0 aliphatic rings. The number of hydrogen-bond acceptors (Lipinski definition) is 5. The van der Waals surface area contributed by atoms with E-state index in [9.17, 15) is 8.42 Å². The minimum absolute atomic E-state index is 0.196. The molecular weight excluding hydrogens is 304 g/mol. The number of pyridine rings is 1. The van der Waals surface area contributed by atoms with Crippen molar-refractivity contribution in [2.75, 3.05) is 12.0 Å². The summed E-state index contributed by atoms with van der Waals surface area (Å²) in [6, 6.07) is 8.08. The van der Waals surface area contributed by atoms with Crippen molar-refractivity contribution in [2.24, 2.45) is 0 Å². The normalized spacial score (nSPS) is 11.5. The molecule has 2 N–H and O–H groups in total. The Kier molecular flexibility index (Phi) is 4.03. The zero-order chi connectivity index (χ0) is 14.0. The molecule has 0 amide bonds. The molecule has 4 nitrogen and oxygen atoms in total. The maximum absolute atomic E-state index is 11.4. The van der Waals surface area contributed by atoms with Gasteiger partial charge in [-0.1, -0.05) is 23.4 Å². The summed E-state index contributed by atoms with van der Waals surface area (Å²) in [6.45, 7) is 0. The maximum Gasteiger partial charge on any atom is 0.175 e. The van der Waals surface area contributed by atoms with Crippen molar-refractivity contribution in [3.8, 4) is 0 Å². The molecule has 0 aliphatic heterocycles. The molecule has 0 radical (unpaired) electrons. The molecule has 0 atom stereocenters. The first-order chi connectivity index (χ1) is 8.88. The molecule has 0 spiro atoms. The number of sulfone groups is 1. The third-order valence-corrected chi connectivity index (χ3v) is 4.98. The number of nitrogen functional groups attached to an aromatic ring is 1. The second kappa shape index (κ2) is 5.40. The van der Waals surface area contributed by atoms with E-state index in [0.29, 0.717) is 20.6 Å². The largest absolute Gasteiger partial charge is 0.398 e. The summed E-state index contributed by atoms with van der Waals surface area (Å²) >= 11 is 7.31. The summed E-state index contributed by atoms with van der Waals surface area (Å²) in [4.78, 5) is 5.05. The number of nitrogens with zero attached hydrogens (tertiary/aromatic N) is 1. The lowest BCUT2D eigenvalue weighted by atomic mass is 10.3. The molecule has 0 unspecified atom stereocenters. The Morgan fingerprint density at radius 2 is 2.05 bits per heavy atom. The third-order valence-electron chi connectivity index (χ3n) is 2.34. The van der Waals surface area contributed by atoms with E-state index in [1.807, 2.05) is 0 Å². The highest BCUT2D eigenvalue weighted by atomic mass is 35.5. The third kappa shape index (κ3) is 3.40. The van der Waals surface area contributed by atoms with Crippen LogP contribution < -0.4 is 5.73 Å². The minimum Gasteiger partial charge on any atom is -0.398 e. The predicted molar refractivity (Wildman–Crippen MR) is 77.3 cm³/mol. The Bertz CT molecular complexity index is 717. The highest BCUT2D eigenvalue weighted by molar-refractivity contribution is 7.99. The average molecular weight is 315 g/mol. The fraction of sp³-hybridized carbons (Fsp3) is 0.0833. The zero-order valence-corrected chi connectivity index (χ0v) is 12.4. The molecule has 2 aromatic rings. The fourth-order valence-corrected chi connectivity index (χ4v) is 3.09. The molecule has 1 aromatic heterocycles. The Labute approximate surface area is 120 Å². The summed E-state index contributed by atoms with van der Waals surface area (Å²) in [7, 11) is -3.25. The van der Waals surface area contributed by atoms with Crippen molar-refractivity contribution in [3.05, 3.63) is 41.6 Å². The van der Waals surface area contributed by atoms with Crippen LogP contribution in [0.5, 0.6) is 0 Å². The standard InChI is InChI=1S/C12H11ClN2O2S2/c1-19(16,17)8-4-5-11(10(14)7-8)18-12-9(13)3-2-6-15-12/h2-7H,14H2,1H3. The van der Waals surface area contributed by atoms with Crippen molar-refractivity contribution in [1.82, 2.24) is 4.98 Å². The molecule has 2 rings (SSSR count). The van der Waals surface area contributed by atoms with E-state index in [2.05, 4.69) is 4.98 Å². The van der Waals surface area contributed by atoms with Crippen LogP contribution in [0.3, 0.4) is 0 Å². The molecule has 100 valence electrons. The zero-order valence-electron chi connectivity index (χ0n) is 10.00. The molecule has 0 aliphatic carbocycles. The summed E-state index contributed by atoms with van der Waals surface area (Å²) in [5.41, 5.74) is 6.24. The van der Waals surface area contributed by atoms with E-state index in [1.165, 1.54) is 23.9 Å². The van der Waals surface area contributed by atoms with Gasteiger partial charge in [0.15, 0.2) is 9.84 Å². The van der Waals surface area contributed by atoms with Gasteiger partial charge in [0.05, 0.1) is 9.92 Å². The van der Waals surface area contributed by atoms with Crippen LogP contribution in [-0.4, -0.2) is 19.7 Å². The van der Waals surface area contributed by atoms with E-state index in [4.69, 9.17) is 17.3 Å². The predicted octanol–water partition coefficient (Wildman–Crippen LogP) is 2.87. The topological polar surface area (TPSA) is 73.0 Å². The molecule has 1 heterocycles. The SMILES string of the molecule is CS(=O)(=O)c1ccc(Sc2ncccc2Cl)c(N)c1. The van der Waals surface area contributed by atoms with Gasteiger partial charge in [-0.3, -0.25) is 0 Å². The summed E-state index contributed by atoms with van der Waals surface area (Å²) in [6.07, 6.45) is 2.78. The highest BCUT2D eigenvalue weighted by Gasteiger charge is 2.11. The second-order valence-electron chi connectivity index (χ2n) is 3.86. The Morgan fingerprint density at radius 3 is 2.63 bits per heavy atom. The maximum atomic E-state index is 11.4. The van der Waals surface area contributed by atoms with Crippen molar-refractivity contribution in [2.45, 2.75) is 14.8 Å². The van der Waals surface area contributed by atoms with Crippen LogP contribution in [0.4, 0.5) is 5.69 Å². The lowest BCUT2D eigenvalue weighted by molar-refractivity contribution is 0.602. The van der Waals surface area contributed by atoms with Crippen LogP contribution in [0.2, 0.25) is 5.02 Å². The van der Waals surface area contributed by atoms with Gasteiger partial charge in [-0.2, -0.15) is 0 Å². The first-order valence-corrected chi connectivity index (χ1v) is 8.34. The molecule has 0 saturated carbocycles. The molecule has 0 saturated heterocycles. The Morgan fingerprint density at radius 1 is 1.32 bits per heavy atom. The van der Waals surface area contributed by atoms with Gasteiger partial charge in [-0.25, -0.2) is 13.4 Å². The highest BCUT2D eigenvalue weighted by Crippen LogP contribution is 2.35. The molecule has 19 heavy (non-hydrogen) atoms. The van der Waals surface area contributed by atoms with Crippen LogP contribution in [-0.2, 0) is 9.84 Å². The van der Waals surface area contributed by atoms with Gasteiger partial charge in [0, 0.05) is 23.0 Å². The van der Waals surface area contributed by atoms with Gasteiger partial charge in [-0.15, -0.1) is 0 Å². The number of rotatable bonds is 3. The number of benzene rings is 1. The van der Waals surface area contributed by atoms with E-state index in [-0.39, 0.29) is 4.90 Å². The monoisotopic (exact) mass is 314 g/mol. The molecule has 0 fully saturated rings. The van der Waals surface area contributed by atoms with E-state index >= 15 is 0 Å². The summed E-state index contributed by atoms with van der Waals surface area (Å²) in [5.74, 6) is 0. The van der Waals surface area contributed by atoms with E-state index in [1.54, 1.807) is 24.4 Å². The number of nitrogens with two attached hydrogens (primary N) is 1. The van der Waals surface area contributed by atoms with E-state index < -0.39 is 9.84 Å². The first kappa shape index (κ1) is 14.2. The van der Waals surface area contributed by atoms with Gasteiger partial charge in [0.1, 0.15) is 5.03 Å². The van der Waals surface area contributed by atoms with Gasteiger partial charge in [-0.05, 0) is 30.3 Å². The number of halogens is 1. The van der Waals surface area contributed by atoms with Crippen molar-refractivity contribution >= 4 is 38.9 Å². The van der Waals surface area contributed by atoms with Crippen LogP contribution >= 0.6 is 23.4 Å². The Hall–Kier alpha value is -1.24. The van der Waals surface area contributed by atoms with Crippen LogP contribution in [0.25, 0.3) is 0 Å². The quantitative estimate of drug-likeness (QED) is 0.882. The van der Waals surface area contributed by atoms with Gasteiger partial charge in [0.2, 0.25) is 0 Å². The lowest BCUT2D eigenvalue weighted by Crippen LogP contribution is -1.99. The van der Waals surface area contributed by atoms with Crippen LogP contribution in [0.1, 0.15) is 0 Å². The van der Waals surface area contributed by atoms with Gasteiger partial charge in [0.25, 0.3) is 0 Å². The average Bonchev–Trinajstić information content (AvgIpc) is 2.33. The van der Waals surface area contributed by atoms with E-state index in [0.717, 1.165) is 6.26 Å². The first-order valence-electron chi connectivity index (χ1n) is 5.26.